The highest BCUT2D eigenvalue weighted by Gasteiger charge is 2.23. The zero-order chi connectivity index (χ0) is 17.9. The molecule has 3 heterocycles. The maximum Gasteiger partial charge on any atom is 0.251 e. The first-order valence-electron chi connectivity index (χ1n) is 9.05. The Hall–Kier alpha value is -2.73. The Morgan fingerprint density at radius 1 is 1.27 bits per heavy atom. The lowest BCUT2D eigenvalue weighted by Crippen LogP contribution is -2.34. The number of rotatable bonds is 4. The van der Waals surface area contributed by atoms with Crippen LogP contribution in [0.3, 0.4) is 0 Å². The van der Waals surface area contributed by atoms with Crippen LogP contribution in [0.15, 0.2) is 53.8 Å². The zero-order valence-corrected chi connectivity index (χ0v) is 14.9. The van der Waals surface area contributed by atoms with Crippen molar-refractivity contribution in [3.8, 4) is 5.69 Å². The second-order valence-corrected chi connectivity index (χ2v) is 6.97. The number of benzene rings is 1. The van der Waals surface area contributed by atoms with Crippen molar-refractivity contribution in [1.29, 1.82) is 0 Å². The van der Waals surface area contributed by atoms with E-state index in [-0.39, 0.29) is 5.56 Å². The Labute approximate surface area is 152 Å². The molecule has 0 unspecified atom stereocenters. The van der Waals surface area contributed by atoms with Crippen molar-refractivity contribution in [3.05, 3.63) is 76.5 Å². The maximum atomic E-state index is 11.7. The van der Waals surface area contributed by atoms with Crippen LogP contribution in [-0.2, 0) is 6.54 Å². The van der Waals surface area contributed by atoms with Gasteiger partial charge in [-0.2, -0.15) is 0 Å². The third-order valence-corrected chi connectivity index (χ3v) is 4.95. The number of aromatic nitrogens is 4. The van der Waals surface area contributed by atoms with E-state index in [1.54, 1.807) is 18.6 Å². The van der Waals surface area contributed by atoms with E-state index in [1.807, 2.05) is 17.7 Å². The minimum absolute atomic E-state index is 0.0558. The molecule has 0 saturated carbocycles. The number of nitrogens with one attached hydrogen (secondary N) is 1. The molecule has 26 heavy (non-hydrogen) atoms. The Morgan fingerprint density at radius 2 is 2.12 bits per heavy atom. The van der Waals surface area contributed by atoms with E-state index in [0.29, 0.717) is 11.7 Å². The van der Waals surface area contributed by atoms with Crippen LogP contribution >= 0.6 is 0 Å². The number of H-pyrrole nitrogens is 1. The lowest BCUT2D eigenvalue weighted by atomic mass is 9.94. The van der Waals surface area contributed by atoms with E-state index in [4.69, 9.17) is 0 Å². The van der Waals surface area contributed by atoms with Gasteiger partial charge in [0.2, 0.25) is 0 Å². The van der Waals surface area contributed by atoms with E-state index < -0.39 is 0 Å². The van der Waals surface area contributed by atoms with Crippen LogP contribution in [0.4, 0.5) is 0 Å². The Bertz CT molecular complexity index is 914. The first-order valence-corrected chi connectivity index (χ1v) is 9.05. The Morgan fingerprint density at radius 3 is 2.85 bits per heavy atom. The SMILES string of the molecule is Cc1nc([C@@H]2CCCN(Cc3ccc(-n4ccnc4)cc3)C2)cc(=O)[nH]1. The van der Waals surface area contributed by atoms with Crippen LogP contribution in [0.5, 0.6) is 0 Å². The molecule has 134 valence electrons. The molecule has 3 aromatic rings. The molecule has 0 amide bonds. The molecule has 1 fully saturated rings. The largest absolute Gasteiger partial charge is 0.311 e. The number of hydrogen-bond acceptors (Lipinski definition) is 4. The smallest absolute Gasteiger partial charge is 0.251 e. The highest BCUT2D eigenvalue weighted by atomic mass is 16.1. The van der Waals surface area contributed by atoms with Crippen LogP contribution in [0.25, 0.3) is 5.69 Å². The molecule has 6 heteroatoms. The zero-order valence-electron chi connectivity index (χ0n) is 14.9. The van der Waals surface area contributed by atoms with Gasteiger partial charge >= 0.3 is 0 Å². The number of imidazole rings is 1. The summed E-state index contributed by atoms with van der Waals surface area (Å²) < 4.78 is 2.00. The number of likely N-dealkylation sites (tertiary alicyclic amines) is 1. The van der Waals surface area contributed by atoms with Gasteiger partial charge in [-0.1, -0.05) is 12.1 Å². The Kier molecular flexibility index (Phi) is 4.67. The average Bonchev–Trinajstić information content (AvgIpc) is 3.16. The second-order valence-electron chi connectivity index (χ2n) is 6.97. The molecule has 1 saturated heterocycles. The lowest BCUT2D eigenvalue weighted by Gasteiger charge is -2.32. The summed E-state index contributed by atoms with van der Waals surface area (Å²) >= 11 is 0. The molecule has 2 aromatic heterocycles. The summed E-state index contributed by atoms with van der Waals surface area (Å²) in [5.74, 6) is 1.02. The summed E-state index contributed by atoms with van der Waals surface area (Å²) in [6.07, 6.45) is 7.76. The maximum absolute atomic E-state index is 11.7. The predicted octanol–water partition coefficient (Wildman–Crippen LogP) is 2.64. The van der Waals surface area contributed by atoms with Crippen molar-refractivity contribution in [2.24, 2.45) is 0 Å². The highest BCUT2D eigenvalue weighted by molar-refractivity contribution is 5.34. The molecular weight excluding hydrogens is 326 g/mol. The lowest BCUT2D eigenvalue weighted by molar-refractivity contribution is 0.198. The van der Waals surface area contributed by atoms with Crippen molar-refractivity contribution in [3.63, 3.8) is 0 Å². The fraction of sp³-hybridized carbons (Fsp3) is 0.350. The molecule has 6 nitrogen and oxygen atoms in total. The summed E-state index contributed by atoms with van der Waals surface area (Å²) in [6, 6.07) is 10.3. The van der Waals surface area contributed by atoms with E-state index in [9.17, 15) is 4.79 Å². The standard InChI is InChI=1S/C20H23N5O/c1-15-22-19(11-20(26)23-15)17-3-2-9-24(13-17)12-16-4-6-18(7-5-16)25-10-8-21-14-25/h4-8,10-11,14,17H,2-3,9,12-13H2,1H3,(H,22,23,26)/t17-/m1/s1. The molecule has 0 spiro atoms. The monoisotopic (exact) mass is 349 g/mol. The summed E-state index contributed by atoms with van der Waals surface area (Å²) in [7, 11) is 0. The minimum Gasteiger partial charge on any atom is -0.311 e. The number of hydrogen-bond donors (Lipinski definition) is 1. The third kappa shape index (κ3) is 3.75. The van der Waals surface area contributed by atoms with Gasteiger partial charge in [-0.15, -0.1) is 0 Å². The molecule has 0 aliphatic carbocycles. The fourth-order valence-corrected chi connectivity index (χ4v) is 3.70. The van der Waals surface area contributed by atoms with E-state index in [1.165, 1.54) is 5.56 Å². The van der Waals surface area contributed by atoms with Crippen molar-refractivity contribution in [2.75, 3.05) is 13.1 Å². The van der Waals surface area contributed by atoms with E-state index in [0.717, 1.165) is 43.9 Å². The van der Waals surface area contributed by atoms with Crippen LogP contribution in [-0.4, -0.2) is 37.5 Å². The number of aromatic amines is 1. The van der Waals surface area contributed by atoms with Gasteiger partial charge in [0.15, 0.2) is 0 Å². The molecule has 0 bridgehead atoms. The predicted molar refractivity (Wildman–Crippen MR) is 100 cm³/mol. The van der Waals surface area contributed by atoms with Crippen molar-refractivity contribution in [2.45, 2.75) is 32.2 Å². The molecule has 0 radical (unpaired) electrons. The van der Waals surface area contributed by atoms with Gasteiger partial charge in [-0.25, -0.2) is 9.97 Å². The highest BCUT2D eigenvalue weighted by Crippen LogP contribution is 2.26. The number of piperidine rings is 1. The fourth-order valence-electron chi connectivity index (χ4n) is 3.70. The molecule has 1 N–H and O–H groups in total. The van der Waals surface area contributed by atoms with Gasteiger partial charge in [0.05, 0.1) is 12.0 Å². The van der Waals surface area contributed by atoms with Gasteiger partial charge < -0.3 is 9.55 Å². The van der Waals surface area contributed by atoms with Gasteiger partial charge in [0.25, 0.3) is 5.56 Å². The van der Waals surface area contributed by atoms with Gasteiger partial charge in [0.1, 0.15) is 5.82 Å². The summed E-state index contributed by atoms with van der Waals surface area (Å²) in [6.45, 7) is 4.79. The molecule has 1 aliphatic rings. The van der Waals surface area contributed by atoms with Crippen LogP contribution in [0.2, 0.25) is 0 Å². The van der Waals surface area contributed by atoms with E-state index in [2.05, 4.69) is 44.1 Å². The molecular formula is C20H23N5O. The van der Waals surface area contributed by atoms with Crippen molar-refractivity contribution < 1.29 is 0 Å². The quantitative estimate of drug-likeness (QED) is 0.786. The number of nitrogens with zero attached hydrogens (tertiary/aromatic N) is 4. The van der Waals surface area contributed by atoms with Crippen LogP contribution < -0.4 is 5.56 Å². The Balaban J connectivity index is 1.44. The van der Waals surface area contributed by atoms with Gasteiger partial charge in [-0.05, 0) is 44.0 Å². The number of aryl methyl sites for hydroxylation is 1. The summed E-state index contributed by atoms with van der Waals surface area (Å²) in [4.78, 5) is 25.6. The third-order valence-electron chi connectivity index (χ3n) is 4.95. The van der Waals surface area contributed by atoms with Gasteiger partial charge in [0, 0.05) is 43.2 Å². The minimum atomic E-state index is -0.0558. The summed E-state index contributed by atoms with van der Waals surface area (Å²) in [5, 5.41) is 0. The molecule has 1 aliphatic heterocycles. The molecule has 4 rings (SSSR count). The average molecular weight is 349 g/mol. The normalized spacial score (nSPS) is 18.1. The first-order chi connectivity index (χ1) is 12.7. The van der Waals surface area contributed by atoms with Crippen LogP contribution in [0.1, 0.15) is 35.8 Å². The molecule has 1 atom stereocenters. The van der Waals surface area contributed by atoms with E-state index >= 15 is 0 Å². The first kappa shape index (κ1) is 16.7. The second kappa shape index (κ2) is 7.25. The molecule has 1 aromatic carbocycles. The van der Waals surface area contributed by atoms with Crippen LogP contribution in [0, 0.1) is 6.92 Å². The van der Waals surface area contributed by atoms with Gasteiger partial charge in [-0.3, -0.25) is 9.69 Å². The summed E-state index contributed by atoms with van der Waals surface area (Å²) in [5.41, 5.74) is 3.28. The topological polar surface area (TPSA) is 66.8 Å². The van der Waals surface area contributed by atoms with Crippen molar-refractivity contribution in [1.82, 2.24) is 24.4 Å². The van der Waals surface area contributed by atoms with Crippen molar-refractivity contribution >= 4 is 0 Å².